The van der Waals surface area contributed by atoms with E-state index in [4.69, 9.17) is 27.6 Å². The number of hydrogen-bond donors (Lipinski definition) is 0. The molecule has 3 aromatic rings. The average Bonchev–Trinajstić information content (AvgIpc) is 2.83. The number of thioether (sulfide) groups is 1. The van der Waals surface area contributed by atoms with Gasteiger partial charge < -0.3 is 4.42 Å². The average molecular weight is 310 g/mol. The third kappa shape index (κ3) is 2.89. The molecule has 0 fully saturated rings. The molecule has 0 spiro atoms. The first-order chi connectivity index (χ1) is 9.22. The van der Waals surface area contributed by atoms with Crippen LogP contribution in [0, 0.1) is 0 Å². The van der Waals surface area contributed by atoms with Crippen molar-refractivity contribution in [1.82, 2.24) is 4.98 Å². The molecule has 96 valence electrons. The molecule has 0 aliphatic rings. The Balaban J connectivity index is 1.78. The lowest BCUT2D eigenvalue weighted by molar-refractivity contribution is 0.489. The van der Waals surface area contributed by atoms with Gasteiger partial charge in [0, 0.05) is 10.8 Å². The predicted octanol–water partition coefficient (Wildman–Crippen LogP) is 5.43. The number of hydrogen-bond acceptors (Lipinski definition) is 3. The van der Waals surface area contributed by atoms with Gasteiger partial charge in [-0.15, -0.1) is 0 Å². The van der Waals surface area contributed by atoms with E-state index in [0.29, 0.717) is 15.8 Å². The zero-order chi connectivity index (χ0) is 13.2. The quantitative estimate of drug-likeness (QED) is 0.604. The Hall–Kier alpha value is -1.16. The van der Waals surface area contributed by atoms with Crippen LogP contribution in [0.25, 0.3) is 11.1 Å². The van der Waals surface area contributed by atoms with E-state index in [9.17, 15) is 0 Å². The fraction of sp³-hybridized carbons (Fsp3) is 0.0714. The van der Waals surface area contributed by atoms with Crippen molar-refractivity contribution in [1.29, 1.82) is 0 Å². The molecule has 0 aliphatic carbocycles. The fourth-order valence-electron chi connectivity index (χ4n) is 1.68. The second-order valence-electron chi connectivity index (χ2n) is 3.98. The van der Waals surface area contributed by atoms with E-state index in [1.165, 1.54) is 17.3 Å². The molecule has 1 heterocycles. The lowest BCUT2D eigenvalue weighted by atomic mass is 10.2. The van der Waals surface area contributed by atoms with Crippen LogP contribution in [0.4, 0.5) is 0 Å². The van der Waals surface area contributed by atoms with E-state index in [-0.39, 0.29) is 0 Å². The Morgan fingerprint density at radius 3 is 2.58 bits per heavy atom. The number of benzene rings is 2. The fourth-order valence-corrected chi connectivity index (χ4v) is 2.80. The highest BCUT2D eigenvalue weighted by Crippen LogP contribution is 2.30. The normalized spacial score (nSPS) is 11.1. The van der Waals surface area contributed by atoms with Crippen LogP contribution < -0.4 is 0 Å². The number of halogens is 2. The lowest BCUT2D eigenvalue weighted by Gasteiger charge is -1.98. The van der Waals surface area contributed by atoms with E-state index >= 15 is 0 Å². The van der Waals surface area contributed by atoms with Gasteiger partial charge in [-0.2, -0.15) is 0 Å². The summed E-state index contributed by atoms with van der Waals surface area (Å²) in [5.74, 6) is 0.779. The second kappa shape index (κ2) is 5.45. The maximum absolute atomic E-state index is 6.05. The van der Waals surface area contributed by atoms with Crippen LogP contribution in [-0.4, -0.2) is 4.98 Å². The maximum atomic E-state index is 6.05. The molecule has 0 radical (unpaired) electrons. The Bertz CT molecular complexity index is 709. The molecule has 0 saturated heterocycles. The molecule has 2 aromatic carbocycles. The summed E-state index contributed by atoms with van der Waals surface area (Å²) in [5, 5.41) is 1.95. The molecule has 2 nitrogen and oxygen atoms in total. The summed E-state index contributed by atoms with van der Waals surface area (Å²) in [6.45, 7) is 0. The van der Waals surface area contributed by atoms with E-state index in [0.717, 1.165) is 16.3 Å². The van der Waals surface area contributed by atoms with Crippen LogP contribution in [0.5, 0.6) is 0 Å². The van der Waals surface area contributed by atoms with Gasteiger partial charge >= 0.3 is 0 Å². The summed E-state index contributed by atoms with van der Waals surface area (Å²) < 4.78 is 5.64. The van der Waals surface area contributed by atoms with Gasteiger partial charge in [-0.1, -0.05) is 53.2 Å². The minimum Gasteiger partial charge on any atom is -0.430 e. The molecule has 19 heavy (non-hydrogen) atoms. The van der Waals surface area contributed by atoms with Crippen LogP contribution in [-0.2, 0) is 5.75 Å². The van der Waals surface area contributed by atoms with Crippen LogP contribution in [0.15, 0.2) is 52.1 Å². The molecule has 0 aliphatic heterocycles. The Labute approximate surface area is 124 Å². The van der Waals surface area contributed by atoms with Crippen molar-refractivity contribution in [2.45, 2.75) is 11.0 Å². The molecule has 0 N–H and O–H groups in total. The minimum atomic E-state index is 0.586. The number of oxazole rings is 1. The third-order valence-electron chi connectivity index (χ3n) is 2.62. The summed E-state index contributed by atoms with van der Waals surface area (Å²) in [6.07, 6.45) is 0. The van der Waals surface area contributed by atoms with Gasteiger partial charge in [0.1, 0.15) is 5.52 Å². The highest BCUT2D eigenvalue weighted by atomic mass is 35.5. The topological polar surface area (TPSA) is 26.0 Å². The van der Waals surface area contributed by atoms with E-state index in [1.807, 2.05) is 36.4 Å². The highest BCUT2D eigenvalue weighted by Gasteiger charge is 2.09. The van der Waals surface area contributed by atoms with E-state index < -0.39 is 0 Å². The van der Waals surface area contributed by atoms with Crippen molar-refractivity contribution in [3.63, 3.8) is 0 Å². The van der Waals surface area contributed by atoms with Crippen molar-refractivity contribution in [2.75, 3.05) is 0 Å². The molecular formula is C14H9Cl2NOS. The monoisotopic (exact) mass is 309 g/mol. The first kappa shape index (κ1) is 12.9. The van der Waals surface area contributed by atoms with Crippen molar-refractivity contribution in [3.8, 4) is 0 Å². The molecule has 3 rings (SSSR count). The van der Waals surface area contributed by atoms with Crippen LogP contribution in [0.3, 0.4) is 0 Å². The standard InChI is InChI=1S/C14H9Cl2NOS/c15-10-6-4-9(5-7-10)8-19-14-17-12-3-1-2-11(16)13(12)18-14/h1-7H,8H2. The van der Waals surface area contributed by atoms with Gasteiger partial charge in [0.05, 0.1) is 5.02 Å². The van der Waals surface area contributed by atoms with Crippen LogP contribution in [0.1, 0.15) is 5.56 Å². The van der Waals surface area contributed by atoms with Gasteiger partial charge in [-0.3, -0.25) is 0 Å². The number of rotatable bonds is 3. The second-order valence-corrected chi connectivity index (χ2v) is 5.75. The Kier molecular flexibility index (Phi) is 3.69. The number of para-hydroxylation sites is 1. The minimum absolute atomic E-state index is 0.586. The molecular weight excluding hydrogens is 301 g/mol. The van der Waals surface area contributed by atoms with Crippen LogP contribution >= 0.6 is 35.0 Å². The van der Waals surface area contributed by atoms with Crippen molar-refractivity contribution in [3.05, 3.63) is 58.1 Å². The first-order valence-corrected chi connectivity index (χ1v) is 7.39. The zero-order valence-corrected chi connectivity index (χ0v) is 12.1. The molecule has 0 atom stereocenters. The maximum Gasteiger partial charge on any atom is 0.257 e. The molecule has 1 aromatic heterocycles. The smallest absolute Gasteiger partial charge is 0.257 e. The van der Waals surface area contributed by atoms with Gasteiger partial charge in [-0.05, 0) is 29.8 Å². The Morgan fingerprint density at radius 1 is 1.05 bits per heavy atom. The van der Waals surface area contributed by atoms with Gasteiger partial charge in [-0.25, -0.2) is 4.98 Å². The Morgan fingerprint density at radius 2 is 1.84 bits per heavy atom. The first-order valence-electron chi connectivity index (χ1n) is 5.65. The van der Waals surface area contributed by atoms with Gasteiger partial charge in [0.2, 0.25) is 0 Å². The van der Waals surface area contributed by atoms with Gasteiger partial charge in [0.25, 0.3) is 5.22 Å². The third-order valence-corrected chi connectivity index (χ3v) is 4.07. The molecule has 5 heteroatoms. The summed E-state index contributed by atoms with van der Waals surface area (Å²) >= 11 is 13.4. The predicted molar refractivity (Wildman–Crippen MR) is 80.0 cm³/mol. The van der Waals surface area contributed by atoms with E-state index in [1.54, 1.807) is 6.07 Å². The number of fused-ring (bicyclic) bond motifs is 1. The molecule has 0 bridgehead atoms. The summed E-state index contributed by atoms with van der Waals surface area (Å²) in [6, 6.07) is 13.3. The van der Waals surface area contributed by atoms with Gasteiger partial charge in [0.15, 0.2) is 5.58 Å². The summed E-state index contributed by atoms with van der Waals surface area (Å²) in [7, 11) is 0. The van der Waals surface area contributed by atoms with Crippen molar-refractivity contribution in [2.24, 2.45) is 0 Å². The molecule has 0 saturated carbocycles. The zero-order valence-electron chi connectivity index (χ0n) is 9.77. The number of aromatic nitrogens is 1. The largest absolute Gasteiger partial charge is 0.430 e. The van der Waals surface area contributed by atoms with Crippen molar-refractivity contribution >= 4 is 46.1 Å². The van der Waals surface area contributed by atoms with Crippen molar-refractivity contribution < 1.29 is 4.42 Å². The van der Waals surface area contributed by atoms with Crippen LogP contribution in [0.2, 0.25) is 10.0 Å². The highest BCUT2D eigenvalue weighted by molar-refractivity contribution is 7.98. The summed E-state index contributed by atoms with van der Waals surface area (Å²) in [4.78, 5) is 4.39. The van der Waals surface area contributed by atoms with E-state index in [2.05, 4.69) is 4.98 Å². The molecule has 0 amide bonds. The summed E-state index contributed by atoms with van der Waals surface area (Å²) in [5.41, 5.74) is 2.59. The SMILES string of the molecule is Clc1ccc(CSc2nc3cccc(Cl)c3o2)cc1. The molecule has 0 unspecified atom stereocenters. The number of nitrogens with zero attached hydrogens (tertiary/aromatic N) is 1. The lowest BCUT2D eigenvalue weighted by Crippen LogP contribution is -1.79.